The molecule has 0 fully saturated rings. The number of aromatic nitrogens is 1. The quantitative estimate of drug-likeness (QED) is 0.798. The maximum Gasteiger partial charge on any atom is 0.337 e. The van der Waals surface area contributed by atoms with Gasteiger partial charge in [0.2, 0.25) is 0 Å². The van der Waals surface area contributed by atoms with E-state index in [1.807, 2.05) is 0 Å². The van der Waals surface area contributed by atoms with E-state index >= 15 is 0 Å². The molecule has 6 heteroatoms. The molecule has 0 spiro atoms. The highest BCUT2D eigenvalue weighted by molar-refractivity contribution is 9.10. The van der Waals surface area contributed by atoms with E-state index in [2.05, 4.69) is 20.9 Å². The number of hydrogen-bond acceptors (Lipinski definition) is 3. The van der Waals surface area contributed by atoms with Crippen LogP contribution in [0.4, 0.5) is 0 Å². The summed E-state index contributed by atoms with van der Waals surface area (Å²) in [5.41, 5.74) is 0.188. The molecule has 1 aromatic rings. The predicted molar refractivity (Wildman–Crippen MR) is 49.5 cm³/mol. The standard InChI is InChI=1S/C7H5BrClNO3/c8-4-2-10-5(9)1-3(4)6(11)7(12)13/h1-2,6,11H,(H,12,13). The first-order valence-corrected chi connectivity index (χ1v) is 4.41. The Hall–Kier alpha value is -0.650. The van der Waals surface area contributed by atoms with Gasteiger partial charge in [0, 0.05) is 16.2 Å². The minimum atomic E-state index is -1.59. The van der Waals surface area contributed by atoms with E-state index in [0.717, 1.165) is 0 Å². The Balaban J connectivity index is 3.12. The van der Waals surface area contributed by atoms with Crippen LogP contribution in [0.25, 0.3) is 0 Å². The molecule has 1 aromatic heterocycles. The summed E-state index contributed by atoms with van der Waals surface area (Å²) in [5, 5.41) is 17.8. The van der Waals surface area contributed by atoms with Gasteiger partial charge in [-0.25, -0.2) is 9.78 Å². The summed E-state index contributed by atoms with van der Waals surface area (Å²) in [6.07, 6.45) is -0.251. The number of aliphatic carboxylic acids is 1. The summed E-state index contributed by atoms with van der Waals surface area (Å²) in [5.74, 6) is -1.33. The molecular formula is C7H5BrClNO3. The average Bonchev–Trinajstić information content (AvgIpc) is 2.08. The van der Waals surface area contributed by atoms with Gasteiger partial charge in [0.05, 0.1) is 0 Å². The molecule has 0 radical (unpaired) electrons. The van der Waals surface area contributed by atoms with Crippen molar-refractivity contribution in [3.05, 3.63) is 27.5 Å². The van der Waals surface area contributed by atoms with Crippen LogP contribution in [0.5, 0.6) is 0 Å². The van der Waals surface area contributed by atoms with E-state index in [0.29, 0.717) is 4.47 Å². The lowest BCUT2D eigenvalue weighted by molar-refractivity contribution is -0.147. The van der Waals surface area contributed by atoms with Crippen molar-refractivity contribution >= 4 is 33.5 Å². The van der Waals surface area contributed by atoms with Gasteiger partial charge in [-0.2, -0.15) is 0 Å². The van der Waals surface area contributed by atoms with E-state index in [1.54, 1.807) is 0 Å². The number of nitrogens with zero attached hydrogens (tertiary/aromatic N) is 1. The van der Waals surface area contributed by atoms with Crippen LogP contribution in [0.2, 0.25) is 5.15 Å². The molecule has 0 aliphatic carbocycles. The molecule has 0 saturated heterocycles. The largest absolute Gasteiger partial charge is 0.479 e. The van der Waals surface area contributed by atoms with Crippen LogP contribution in [-0.4, -0.2) is 21.2 Å². The van der Waals surface area contributed by atoms with Gasteiger partial charge in [-0.3, -0.25) is 0 Å². The van der Waals surface area contributed by atoms with Crippen molar-refractivity contribution in [3.63, 3.8) is 0 Å². The van der Waals surface area contributed by atoms with E-state index in [4.69, 9.17) is 16.7 Å². The first-order chi connectivity index (χ1) is 6.02. The van der Waals surface area contributed by atoms with Crippen LogP contribution >= 0.6 is 27.5 Å². The van der Waals surface area contributed by atoms with Gasteiger partial charge in [-0.05, 0) is 22.0 Å². The van der Waals surface area contributed by atoms with Gasteiger partial charge in [0.1, 0.15) is 5.15 Å². The van der Waals surface area contributed by atoms with Crippen LogP contribution in [-0.2, 0) is 4.79 Å². The second-order valence-corrected chi connectivity index (χ2v) is 3.51. The molecule has 0 amide bonds. The summed E-state index contributed by atoms with van der Waals surface area (Å²) >= 11 is 8.58. The number of carbonyl (C=O) groups is 1. The fraction of sp³-hybridized carbons (Fsp3) is 0.143. The predicted octanol–water partition coefficient (Wildman–Crippen LogP) is 1.62. The number of halogens is 2. The number of aliphatic hydroxyl groups is 1. The highest BCUT2D eigenvalue weighted by Crippen LogP contribution is 2.24. The number of aliphatic hydroxyl groups excluding tert-OH is 1. The van der Waals surface area contributed by atoms with Crippen molar-refractivity contribution in [1.82, 2.24) is 4.98 Å². The van der Waals surface area contributed by atoms with Crippen molar-refractivity contribution < 1.29 is 15.0 Å². The molecule has 4 nitrogen and oxygen atoms in total. The summed E-state index contributed by atoms with van der Waals surface area (Å²) in [6.45, 7) is 0. The van der Waals surface area contributed by atoms with Crippen LogP contribution < -0.4 is 0 Å². The first-order valence-electron chi connectivity index (χ1n) is 3.24. The molecule has 0 saturated carbocycles. The Bertz CT molecular complexity index is 345. The lowest BCUT2D eigenvalue weighted by Crippen LogP contribution is -2.11. The maximum atomic E-state index is 10.4. The Morgan fingerprint density at radius 1 is 1.69 bits per heavy atom. The SMILES string of the molecule is O=C(O)C(O)c1cc(Cl)ncc1Br. The number of pyridine rings is 1. The minimum absolute atomic E-state index is 0.138. The average molecular weight is 266 g/mol. The number of hydrogen-bond donors (Lipinski definition) is 2. The van der Waals surface area contributed by atoms with Crippen LogP contribution in [0.15, 0.2) is 16.7 Å². The number of rotatable bonds is 2. The second-order valence-electron chi connectivity index (χ2n) is 2.27. The monoisotopic (exact) mass is 265 g/mol. The molecule has 0 aromatic carbocycles. The molecule has 70 valence electrons. The lowest BCUT2D eigenvalue weighted by atomic mass is 10.1. The van der Waals surface area contributed by atoms with E-state index in [9.17, 15) is 9.90 Å². The highest BCUT2D eigenvalue weighted by atomic mass is 79.9. The summed E-state index contributed by atoms with van der Waals surface area (Å²) in [6, 6.07) is 1.30. The smallest absolute Gasteiger partial charge is 0.337 e. The third-order valence-corrected chi connectivity index (χ3v) is 2.25. The maximum absolute atomic E-state index is 10.4. The highest BCUT2D eigenvalue weighted by Gasteiger charge is 2.19. The third-order valence-electron chi connectivity index (χ3n) is 1.38. The molecule has 1 rings (SSSR count). The summed E-state index contributed by atoms with van der Waals surface area (Å²) in [4.78, 5) is 14.1. The molecular weight excluding hydrogens is 261 g/mol. The molecule has 0 bridgehead atoms. The molecule has 0 aliphatic heterocycles. The molecule has 0 aliphatic rings. The Labute approximate surface area is 87.3 Å². The molecule has 1 unspecified atom stereocenters. The zero-order valence-corrected chi connectivity index (χ0v) is 8.58. The van der Waals surface area contributed by atoms with E-state index in [-0.39, 0.29) is 10.7 Å². The fourth-order valence-electron chi connectivity index (χ4n) is 0.770. The van der Waals surface area contributed by atoms with Gasteiger partial charge in [-0.1, -0.05) is 11.6 Å². The second kappa shape index (κ2) is 4.04. The van der Waals surface area contributed by atoms with Gasteiger partial charge in [0.25, 0.3) is 0 Å². The number of carboxylic acids is 1. The molecule has 1 atom stereocenters. The Morgan fingerprint density at radius 3 is 2.85 bits per heavy atom. The minimum Gasteiger partial charge on any atom is -0.479 e. The first kappa shape index (κ1) is 10.4. The van der Waals surface area contributed by atoms with E-state index in [1.165, 1.54) is 12.3 Å². The molecule has 13 heavy (non-hydrogen) atoms. The van der Waals surface area contributed by atoms with Crippen molar-refractivity contribution in [2.75, 3.05) is 0 Å². The summed E-state index contributed by atoms with van der Waals surface area (Å²) < 4.78 is 0.409. The number of carboxylic acid groups (broad SMARTS) is 1. The van der Waals surface area contributed by atoms with Crippen LogP contribution in [0.3, 0.4) is 0 Å². The summed E-state index contributed by atoms with van der Waals surface area (Å²) in [7, 11) is 0. The van der Waals surface area contributed by atoms with Crippen molar-refractivity contribution in [2.24, 2.45) is 0 Å². The fourth-order valence-corrected chi connectivity index (χ4v) is 1.37. The van der Waals surface area contributed by atoms with E-state index < -0.39 is 12.1 Å². The topological polar surface area (TPSA) is 70.4 Å². The normalized spacial score (nSPS) is 12.5. The van der Waals surface area contributed by atoms with Crippen molar-refractivity contribution in [1.29, 1.82) is 0 Å². The van der Waals surface area contributed by atoms with Crippen LogP contribution in [0, 0.1) is 0 Å². The van der Waals surface area contributed by atoms with Crippen LogP contribution in [0.1, 0.15) is 11.7 Å². The van der Waals surface area contributed by atoms with Gasteiger partial charge < -0.3 is 10.2 Å². The van der Waals surface area contributed by atoms with Gasteiger partial charge in [-0.15, -0.1) is 0 Å². The van der Waals surface area contributed by atoms with Crippen molar-refractivity contribution in [3.8, 4) is 0 Å². The Kier molecular flexibility index (Phi) is 3.24. The zero-order valence-electron chi connectivity index (χ0n) is 6.24. The van der Waals surface area contributed by atoms with Crippen molar-refractivity contribution in [2.45, 2.75) is 6.10 Å². The van der Waals surface area contributed by atoms with Gasteiger partial charge in [0.15, 0.2) is 6.10 Å². The van der Waals surface area contributed by atoms with Gasteiger partial charge >= 0.3 is 5.97 Å². The lowest BCUT2D eigenvalue weighted by Gasteiger charge is -2.07. The molecule has 2 N–H and O–H groups in total. The Morgan fingerprint density at radius 2 is 2.31 bits per heavy atom. The zero-order chi connectivity index (χ0) is 10.0. The third kappa shape index (κ3) is 2.40. The molecule has 1 heterocycles.